The maximum Gasteiger partial charge on any atom is 0.253 e. The van der Waals surface area contributed by atoms with E-state index in [9.17, 15) is 4.79 Å². The van der Waals surface area contributed by atoms with Crippen LogP contribution < -0.4 is 5.32 Å². The number of nitrogens with zero attached hydrogens (tertiary/aromatic N) is 2. The van der Waals surface area contributed by atoms with E-state index in [2.05, 4.69) is 16.4 Å². The van der Waals surface area contributed by atoms with Gasteiger partial charge >= 0.3 is 0 Å². The molecule has 0 radical (unpaired) electrons. The van der Waals surface area contributed by atoms with Gasteiger partial charge in [-0.2, -0.15) is 5.26 Å². The molecule has 0 saturated heterocycles. The van der Waals surface area contributed by atoms with Crippen molar-refractivity contribution in [3.05, 3.63) is 28.1 Å². The largest absolute Gasteiger partial charge is 0.348 e. The maximum atomic E-state index is 11.4. The molecule has 0 saturated carbocycles. The summed E-state index contributed by atoms with van der Waals surface area (Å²) < 4.78 is 0. The molecule has 14 heavy (non-hydrogen) atoms. The fourth-order valence-electron chi connectivity index (χ4n) is 1.81. The zero-order chi connectivity index (χ0) is 10.3. The molecule has 0 fully saturated rings. The van der Waals surface area contributed by atoms with Crippen LogP contribution in [0.5, 0.6) is 0 Å². The van der Waals surface area contributed by atoms with Gasteiger partial charge in [-0.15, -0.1) is 0 Å². The van der Waals surface area contributed by atoms with Gasteiger partial charge in [0.05, 0.1) is 22.5 Å². The molecule has 0 aromatic carbocycles. The van der Waals surface area contributed by atoms with E-state index in [1.807, 2.05) is 0 Å². The summed E-state index contributed by atoms with van der Waals surface area (Å²) in [5.74, 6) is -0.124. The number of nitrogens with one attached hydrogen (secondary N) is 1. The quantitative estimate of drug-likeness (QED) is 0.653. The van der Waals surface area contributed by atoms with Crippen molar-refractivity contribution in [1.82, 2.24) is 10.3 Å². The van der Waals surface area contributed by atoms with E-state index < -0.39 is 0 Å². The number of carbonyl (C=O) groups is 1. The van der Waals surface area contributed by atoms with E-state index in [-0.39, 0.29) is 5.91 Å². The Labute approximate surface area is 81.6 Å². The van der Waals surface area contributed by atoms with Crippen molar-refractivity contribution < 1.29 is 4.79 Å². The Morgan fingerprint density at radius 2 is 2.14 bits per heavy atom. The van der Waals surface area contributed by atoms with Crippen molar-refractivity contribution in [3.63, 3.8) is 0 Å². The van der Waals surface area contributed by atoms with E-state index >= 15 is 0 Å². The van der Waals surface area contributed by atoms with Gasteiger partial charge in [0.15, 0.2) is 0 Å². The molecule has 0 atom stereocenters. The number of aromatic nitrogens is 1. The van der Waals surface area contributed by atoms with Crippen LogP contribution in [0.2, 0.25) is 0 Å². The van der Waals surface area contributed by atoms with Crippen LogP contribution in [0.4, 0.5) is 0 Å². The van der Waals surface area contributed by atoms with Crippen LogP contribution in [-0.2, 0) is 6.54 Å². The van der Waals surface area contributed by atoms with Crippen molar-refractivity contribution in [2.75, 3.05) is 0 Å². The minimum atomic E-state index is -0.124. The highest BCUT2D eigenvalue weighted by Crippen LogP contribution is 2.23. The van der Waals surface area contributed by atoms with Gasteiger partial charge in [-0.25, -0.2) is 0 Å². The molecular formula is C10H9N3O. The minimum Gasteiger partial charge on any atom is -0.348 e. The molecule has 0 spiro atoms. The first kappa shape index (κ1) is 8.70. The van der Waals surface area contributed by atoms with Gasteiger partial charge in [0.2, 0.25) is 0 Å². The summed E-state index contributed by atoms with van der Waals surface area (Å²) in [7, 11) is 0. The smallest absolute Gasteiger partial charge is 0.253 e. The molecule has 1 N–H and O–H groups in total. The monoisotopic (exact) mass is 187 g/mol. The Kier molecular flexibility index (Phi) is 1.74. The predicted molar refractivity (Wildman–Crippen MR) is 49.6 cm³/mol. The first-order chi connectivity index (χ1) is 6.65. The van der Waals surface area contributed by atoms with Crippen LogP contribution in [0.25, 0.3) is 0 Å². The van der Waals surface area contributed by atoms with E-state index in [1.54, 1.807) is 13.8 Å². The second-order valence-corrected chi connectivity index (χ2v) is 3.31. The van der Waals surface area contributed by atoms with Gasteiger partial charge in [-0.1, -0.05) is 0 Å². The fraction of sp³-hybridized carbons (Fsp3) is 0.300. The average molecular weight is 187 g/mol. The Bertz CT molecular complexity index is 471. The summed E-state index contributed by atoms with van der Waals surface area (Å²) in [6, 6.07) is 2.09. The third kappa shape index (κ3) is 0.990. The number of carbonyl (C=O) groups excluding carboxylic acids is 1. The second kappa shape index (κ2) is 2.81. The lowest BCUT2D eigenvalue weighted by Crippen LogP contribution is -2.13. The number of fused-ring (bicyclic) bond motifs is 1. The summed E-state index contributed by atoms with van der Waals surface area (Å²) in [5.41, 5.74) is 3.30. The van der Waals surface area contributed by atoms with Crippen LogP contribution in [0.3, 0.4) is 0 Å². The highest BCUT2D eigenvalue weighted by Gasteiger charge is 2.26. The number of aryl methyl sites for hydroxylation is 2. The van der Waals surface area contributed by atoms with Gasteiger partial charge in [-0.3, -0.25) is 9.78 Å². The van der Waals surface area contributed by atoms with Crippen molar-refractivity contribution in [3.8, 4) is 6.07 Å². The van der Waals surface area contributed by atoms with Crippen LogP contribution in [0.1, 0.15) is 32.9 Å². The molecule has 2 heterocycles. The zero-order valence-corrected chi connectivity index (χ0v) is 8.01. The number of nitriles is 1. The molecule has 4 nitrogen and oxygen atoms in total. The summed E-state index contributed by atoms with van der Waals surface area (Å²) in [6.07, 6.45) is 0. The number of rotatable bonds is 0. The topological polar surface area (TPSA) is 65.8 Å². The number of hydrogen-bond acceptors (Lipinski definition) is 3. The van der Waals surface area contributed by atoms with Gasteiger partial charge in [0.1, 0.15) is 6.07 Å². The lowest BCUT2D eigenvalue weighted by Gasteiger charge is -2.05. The van der Waals surface area contributed by atoms with Gasteiger partial charge in [0.25, 0.3) is 5.91 Å². The third-order valence-corrected chi connectivity index (χ3v) is 2.43. The molecular weight excluding hydrogens is 178 g/mol. The Balaban J connectivity index is 2.81. The molecule has 1 aliphatic heterocycles. The highest BCUT2D eigenvalue weighted by molar-refractivity contribution is 6.00. The molecule has 1 aromatic rings. The van der Waals surface area contributed by atoms with Crippen LogP contribution in [0.15, 0.2) is 0 Å². The maximum absolute atomic E-state index is 11.4. The van der Waals surface area contributed by atoms with Gasteiger partial charge in [-0.05, 0) is 13.8 Å². The third-order valence-electron chi connectivity index (χ3n) is 2.43. The normalized spacial score (nSPS) is 13.4. The molecule has 0 aliphatic carbocycles. The lowest BCUT2D eigenvalue weighted by molar-refractivity contribution is 0.0965. The van der Waals surface area contributed by atoms with Crippen LogP contribution in [0, 0.1) is 25.2 Å². The minimum absolute atomic E-state index is 0.124. The summed E-state index contributed by atoms with van der Waals surface area (Å²) >= 11 is 0. The molecule has 70 valence electrons. The Morgan fingerprint density at radius 3 is 2.79 bits per heavy atom. The summed E-state index contributed by atoms with van der Waals surface area (Å²) in [5, 5.41) is 11.6. The molecule has 1 amide bonds. The number of amides is 1. The second-order valence-electron chi connectivity index (χ2n) is 3.31. The lowest BCUT2D eigenvalue weighted by atomic mass is 10.0. The molecule has 0 bridgehead atoms. The first-order valence-electron chi connectivity index (χ1n) is 4.33. The Hall–Kier alpha value is -1.89. The van der Waals surface area contributed by atoms with Gasteiger partial charge < -0.3 is 5.32 Å². The average Bonchev–Trinajstić information content (AvgIpc) is 2.49. The molecule has 2 rings (SSSR count). The van der Waals surface area contributed by atoms with E-state index in [1.165, 1.54) is 0 Å². The van der Waals surface area contributed by atoms with Crippen molar-refractivity contribution >= 4 is 5.91 Å². The van der Waals surface area contributed by atoms with Crippen molar-refractivity contribution in [1.29, 1.82) is 5.26 Å². The molecule has 0 unspecified atom stereocenters. The van der Waals surface area contributed by atoms with E-state index in [0.29, 0.717) is 29.1 Å². The number of pyridine rings is 1. The van der Waals surface area contributed by atoms with E-state index in [4.69, 9.17) is 5.26 Å². The van der Waals surface area contributed by atoms with Crippen LogP contribution >= 0.6 is 0 Å². The zero-order valence-electron chi connectivity index (χ0n) is 8.01. The fourth-order valence-corrected chi connectivity index (χ4v) is 1.81. The first-order valence-corrected chi connectivity index (χ1v) is 4.33. The highest BCUT2D eigenvalue weighted by atomic mass is 16.1. The standard InChI is InChI=1S/C10H9N3O/c1-5-7(3-11)8-4-12-10(14)9(8)6(2)13-5/h4H2,1-2H3,(H,12,14). The molecule has 1 aromatic heterocycles. The summed E-state index contributed by atoms with van der Waals surface area (Å²) in [6.45, 7) is 4.02. The molecule has 4 heteroatoms. The van der Waals surface area contributed by atoms with Gasteiger partial charge in [0, 0.05) is 12.1 Å². The number of hydrogen-bond donors (Lipinski definition) is 1. The van der Waals surface area contributed by atoms with Crippen molar-refractivity contribution in [2.24, 2.45) is 0 Å². The van der Waals surface area contributed by atoms with Crippen LogP contribution in [-0.4, -0.2) is 10.9 Å². The summed E-state index contributed by atoms with van der Waals surface area (Å²) in [4.78, 5) is 15.6. The molecule has 1 aliphatic rings. The van der Waals surface area contributed by atoms with E-state index in [0.717, 1.165) is 5.56 Å². The SMILES string of the molecule is Cc1nc(C)c2c(c1C#N)CNC2=O. The Morgan fingerprint density at radius 1 is 1.43 bits per heavy atom. The van der Waals surface area contributed by atoms with Crippen molar-refractivity contribution in [2.45, 2.75) is 20.4 Å². The predicted octanol–water partition coefficient (Wildman–Crippen LogP) is 0.814.